The Bertz CT molecular complexity index is 1540. The number of carbonyl (C=O) groups is 1. The van der Waals surface area contributed by atoms with Crippen molar-refractivity contribution in [1.29, 1.82) is 0 Å². The molecule has 5 rings (SSSR count). The maximum Gasteiger partial charge on any atom is 0.573 e. The molecule has 1 aliphatic heterocycles. The normalized spacial score (nSPS) is 14.6. The number of ether oxygens (including phenoxy) is 2. The largest absolute Gasteiger partial charge is 0.573 e. The van der Waals surface area contributed by atoms with Crippen LogP contribution in [0.5, 0.6) is 5.75 Å². The number of nitrogens with zero attached hydrogens (tertiary/aromatic N) is 7. The average Bonchev–Trinajstić information content (AvgIpc) is 3.29. The lowest BCUT2D eigenvalue weighted by Gasteiger charge is -2.34. The molecule has 1 aromatic carbocycles. The minimum Gasteiger partial charge on any atom is -0.461 e. The number of hydrogen-bond acceptors (Lipinski definition) is 11. The van der Waals surface area contributed by atoms with Crippen LogP contribution in [0.1, 0.15) is 17.4 Å². The van der Waals surface area contributed by atoms with Gasteiger partial charge in [-0.15, -0.1) is 13.2 Å². The van der Waals surface area contributed by atoms with Gasteiger partial charge in [0, 0.05) is 38.1 Å². The van der Waals surface area contributed by atoms with Gasteiger partial charge in [-0.25, -0.2) is 14.8 Å². The van der Waals surface area contributed by atoms with Gasteiger partial charge in [0.25, 0.3) is 0 Å². The molecule has 1 fully saturated rings. The third-order valence-corrected chi connectivity index (χ3v) is 6.40. The van der Waals surface area contributed by atoms with Crippen molar-refractivity contribution < 1.29 is 32.5 Å². The van der Waals surface area contributed by atoms with Crippen molar-refractivity contribution in [3.8, 4) is 5.75 Å². The minimum atomic E-state index is -4.91. The lowest BCUT2D eigenvalue weighted by molar-refractivity contribution is -0.274. The Morgan fingerprint density at radius 1 is 1.15 bits per heavy atom. The summed E-state index contributed by atoms with van der Waals surface area (Å²) < 4.78 is 50.4. The Morgan fingerprint density at radius 2 is 1.93 bits per heavy atom. The third-order valence-electron chi connectivity index (χ3n) is 6.40. The summed E-state index contributed by atoms with van der Waals surface area (Å²) in [7, 11) is 2.01. The van der Waals surface area contributed by atoms with E-state index in [9.17, 15) is 23.1 Å². The third kappa shape index (κ3) is 5.70. The highest BCUT2D eigenvalue weighted by atomic mass is 19.4. The second kappa shape index (κ2) is 11.1. The zero-order valence-corrected chi connectivity index (χ0v) is 21.8. The van der Waals surface area contributed by atoms with Crippen molar-refractivity contribution in [2.45, 2.75) is 19.8 Å². The molecule has 0 amide bonds. The molecule has 4 heterocycles. The Balaban J connectivity index is 1.57. The quantitative estimate of drug-likeness (QED) is 0.309. The van der Waals surface area contributed by atoms with Crippen LogP contribution in [0.4, 0.5) is 30.5 Å². The second-order valence-corrected chi connectivity index (χ2v) is 9.11. The summed E-state index contributed by atoms with van der Waals surface area (Å²) in [5.74, 6) is -1.13. The van der Waals surface area contributed by atoms with Crippen LogP contribution >= 0.6 is 0 Å². The smallest absolute Gasteiger partial charge is 0.461 e. The molecule has 2 N–H and O–H groups in total. The Labute approximate surface area is 226 Å². The Kier molecular flexibility index (Phi) is 7.58. The van der Waals surface area contributed by atoms with Gasteiger partial charge in [0.05, 0.1) is 42.5 Å². The van der Waals surface area contributed by atoms with Crippen molar-refractivity contribution in [3.05, 3.63) is 36.3 Å². The van der Waals surface area contributed by atoms with Gasteiger partial charge in [-0.1, -0.05) is 0 Å². The van der Waals surface area contributed by atoms with Crippen molar-refractivity contribution in [3.63, 3.8) is 0 Å². The standard InChI is InChI=1S/C25H27F3N8O4/c1-3-39-23(38)20-16-13-29-18-14-30-24(32-21(18)22(16)36(33-20)10-11-37)31-17-12-15(35-8-6-34(2)7-9-35)4-5-19(17)40-25(26,27)28/h4-5,12-14,37H,3,6-11H2,1-2H3,(H,30,31,32). The van der Waals surface area contributed by atoms with Crippen LogP contribution in [-0.2, 0) is 11.3 Å². The van der Waals surface area contributed by atoms with Gasteiger partial charge in [-0.3, -0.25) is 9.67 Å². The molecule has 0 unspecified atom stereocenters. The molecule has 40 heavy (non-hydrogen) atoms. The van der Waals surface area contributed by atoms with Crippen LogP contribution in [0.3, 0.4) is 0 Å². The highest BCUT2D eigenvalue weighted by Crippen LogP contribution is 2.36. The van der Waals surface area contributed by atoms with Crippen LogP contribution in [0.15, 0.2) is 30.6 Å². The zero-order chi connectivity index (χ0) is 28.4. The van der Waals surface area contributed by atoms with Crippen molar-refractivity contribution in [2.24, 2.45) is 0 Å². The number of fused-ring (bicyclic) bond motifs is 3. The second-order valence-electron chi connectivity index (χ2n) is 9.11. The molecule has 4 aromatic rings. The van der Waals surface area contributed by atoms with E-state index in [0.29, 0.717) is 29.5 Å². The number of alkyl halides is 3. The van der Waals surface area contributed by atoms with E-state index in [0.717, 1.165) is 18.8 Å². The van der Waals surface area contributed by atoms with Crippen molar-refractivity contribution in [2.75, 3.05) is 56.7 Å². The van der Waals surface area contributed by atoms with E-state index in [1.165, 1.54) is 23.1 Å². The fourth-order valence-corrected chi connectivity index (χ4v) is 4.50. The summed E-state index contributed by atoms with van der Waals surface area (Å²) in [6.07, 6.45) is -2.07. The highest BCUT2D eigenvalue weighted by molar-refractivity contribution is 6.09. The number of esters is 1. The topological polar surface area (TPSA) is 131 Å². The molecule has 0 aliphatic carbocycles. The number of piperazine rings is 1. The fourth-order valence-electron chi connectivity index (χ4n) is 4.50. The number of pyridine rings is 1. The first-order valence-electron chi connectivity index (χ1n) is 12.6. The van der Waals surface area contributed by atoms with Gasteiger partial charge < -0.3 is 29.7 Å². The van der Waals surface area contributed by atoms with Gasteiger partial charge in [-0.05, 0) is 32.2 Å². The summed E-state index contributed by atoms with van der Waals surface area (Å²) in [4.78, 5) is 29.8. The van der Waals surface area contributed by atoms with Crippen LogP contribution in [-0.4, -0.2) is 93.5 Å². The molecule has 0 bridgehead atoms. The molecule has 212 valence electrons. The maximum absolute atomic E-state index is 13.2. The monoisotopic (exact) mass is 560 g/mol. The summed E-state index contributed by atoms with van der Waals surface area (Å²) in [6, 6.07) is 4.40. The average molecular weight is 561 g/mol. The molecule has 3 aromatic heterocycles. The van der Waals surface area contributed by atoms with E-state index in [2.05, 4.69) is 39.9 Å². The van der Waals surface area contributed by atoms with E-state index < -0.39 is 18.1 Å². The number of hydrogen-bond donors (Lipinski definition) is 2. The van der Waals surface area contributed by atoms with Crippen molar-refractivity contribution in [1.82, 2.24) is 29.6 Å². The van der Waals surface area contributed by atoms with Crippen molar-refractivity contribution >= 4 is 45.2 Å². The molecule has 1 saturated heterocycles. The number of benzene rings is 1. The molecular formula is C25H27F3N8O4. The number of halogens is 3. The van der Waals surface area contributed by atoms with Gasteiger partial charge in [0.1, 0.15) is 11.0 Å². The summed E-state index contributed by atoms with van der Waals surface area (Å²) in [5.41, 5.74) is 1.77. The molecular weight excluding hydrogens is 533 g/mol. The zero-order valence-electron chi connectivity index (χ0n) is 21.8. The van der Waals surface area contributed by atoms with Gasteiger partial charge >= 0.3 is 12.3 Å². The number of aliphatic hydroxyl groups excluding tert-OH is 1. The lowest BCUT2D eigenvalue weighted by Crippen LogP contribution is -2.44. The predicted octanol–water partition coefficient (Wildman–Crippen LogP) is 2.94. The first kappa shape index (κ1) is 27.3. The summed E-state index contributed by atoms with van der Waals surface area (Å²) >= 11 is 0. The molecule has 0 atom stereocenters. The Hall–Kier alpha value is -4.24. The number of carbonyl (C=O) groups excluding carboxylic acids is 1. The lowest BCUT2D eigenvalue weighted by atomic mass is 10.2. The molecule has 12 nitrogen and oxygen atoms in total. The SMILES string of the molecule is CCOC(=O)c1nn(CCO)c2c1cnc1cnc(Nc3cc(N4CCN(C)CC4)ccc3OC(F)(F)F)nc12. The molecule has 15 heteroatoms. The first-order chi connectivity index (χ1) is 19.2. The van der Waals surface area contributed by atoms with E-state index in [-0.39, 0.29) is 42.6 Å². The predicted molar refractivity (Wildman–Crippen MR) is 140 cm³/mol. The molecule has 0 spiro atoms. The van der Waals surface area contributed by atoms with Crippen LogP contribution < -0.4 is 15.0 Å². The summed E-state index contributed by atoms with van der Waals surface area (Å²) in [5, 5.41) is 17.1. The van der Waals surface area contributed by atoms with E-state index in [1.54, 1.807) is 19.1 Å². The van der Waals surface area contributed by atoms with Crippen LogP contribution in [0, 0.1) is 0 Å². The number of likely N-dealkylation sites (N-methyl/N-ethyl adjacent to an activating group) is 1. The number of nitrogens with one attached hydrogen (secondary N) is 1. The van der Waals surface area contributed by atoms with Gasteiger partial charge in [0.2, 0.25) is 5.95 Å². The first-order valence-corrected chi connectivity index (χ1v) is 12.6. The van der Waals surface area contributed by atoms with E-state index in [1.807, 2.05) is 7.05 Å². The Morgan fingerprint density at radius 3 is 2.62 bits per heavy atom. The van der Waals surface area contributed by atoms with Gasteiger partial charge in [0.15, 0.2) is 11.4 Å². The van der Waals surface area contributed by atoms with Crippen LogP contribution in [0.2, 0.25) is 0 Å². The van der Waals surface area contributed by atoms with Gasteiger partial charge in [-0.2, -0.15) is 5.10 Å². The number of rotatable bonds is 8. The fraction of sp³-hybridized carbons (Fsp3) is 0.400. The summed E-state index contributed by atoms with van der Waals surface area (Å²) in [6.45, 7) is 4.64. The highest BCUT2D eigenvalue weighted by Gasteiger charge is 2.32. The number of aromatic nitrogens is 5. The minimum absolute atomic E-state index is 0.00793. The number of anilines is 3. The molecule has 0 saturated carbocycles. The van der Waals surface area contributed by atoms with E-state index in [4.69, 9.17) is 4.74 Å². The maximum atomic E-state index is 13.2. The van der Waals surface area contributed by atoms with Crippen LogP contribution in [0.25, 0.3) is 21.9 Å². The number of aliphatic hydroxyl groups is 1. The molecule has 1 aliphatic rings. The molecule has 0 radical (unpaired) electrons. The van der Waals surface area contributed by atoms with E-state index >= 15 is 0 Å².